The molecule has 90 valence electrons. The highest BCUT2D eigenvalue weighted by Crippen LogP contribution is 2.04. The van der Waals surface area contributed by atoms with Crippen molar-refractivity contribution in [1.82, 2.24) is 15.6 Å². The van der Waals surface area contributed by atoms with Crippen LogP contribution < -0.4 is 16.0 Å². The van der Waals surface area contributed by atoms with Gasteiger partial charge in [0.25, 0.3) is 0 Å². The van der Waals surface area contributed by atoms with E-state index < -0.39 is 12.0 Å². The number of pyridine rings is 1. The third kappa shape index (κ3) is 2.97. The van der Waals surface area contributed by atoms with Crippen LogP contribution in [0.5, 0.6) is 0 Å². The zero-order valence-electron chi connectivity index (χ0n) is 8.87. The lowest BCUT2D eigenvalue weighted by Gasteiger charge is -2.22. The van der Waals surface area contributed by atoms with Gasteiger partial charge in [0.15, 0.2) is 0 Å². The second kappa shape index (κ2) is 4.88. The summed E-state index contributed by atoms with van der Waals surface area (Å²) in [5, 5.41) is 7.77. The van der Waals surface area contributed by atoms with Gasteiger partial charge in [-0.15, -0.1) is 0 Å². The lowest BCUT2D eigenvalue weighted by atomic mass is 10.2. The number of nitrogens with one attached hydrogen (secondary N) is 3. The summed E-state index contributed by atoms with van der Waals surface area (Å²) in [6.07, 6.45) is 0. The zero-order valence-corrected chi connectivity index (χ0v) is 8.87. The molecule has 1 aromatic rings. The van der Waals surface area contributed by atoms with Crippen molar-refractivity contribution in [2.75, 3.05) is 18.4 Å². The number of amides is 2. The molecule has 0 aromatic carbocycles. The zero-order chi connectivity index (χ0) is 12.3. The van der Waals surface area contributed by atoms with E-state index in [0.717, 1.165) is 0 Å². The van der Waals surface area contributed by atoms with Gasteiger partial charge in [0.1, 0.15) is 11.9 Å². The van der Waals surface area contributed by atoms with Gasteiger partial charge >= 0.3 is 0 Å². The van der Waals surface area contributed by atoms with Crippen LogP contribution in [0.25, 0.3) is 0 Å². The summed E-state index contributed by atoms with van der Waals surface area (Å²) in [6, 6.07) is 3.60. The predicted octanol–water partition coefficient (Wildman–Crippen LogP) is -0.753. The van der Waals surface area contributed by atoms with Gasteiger partial charge < -0.3 is 10.6 Å². The van der Waals surface area contributed by atoms with Crippen LogP contribution >= 0.6 is 0 Å². The number of carbonyl (C=O) groups excluding carboxylic acids is 2. The van der Waals surface area contributed by atoms with Gasteiger partial charge in [-0.1, -0.05) is 6.07 Å². The molecule has 2 amide bonds. The van der Waals surface area contributed by atoms with Crippen molar-refractivity contribution in [1.29, 1.82) is 0 Å². The molecule has 1 atom stereocenters. The summed E-state index contributed by atoms with van der Waals surface area (Å²) in [4.78, 5) is 26.1. The normalized spacial score (nSPS) is 19.6. The second-order valence-electron chi connectivity index (χ2n) is 3.57. The van der Waals surface area contributed by atoms with Crippen molar-refractivity contribution in [3.05, 3.63) is 24.1 Å². The fraction of sp³-hybridized carbons (Fsp3) is 0.300. The molecule has 1 fully saturated rings. The van der Waals surface area contributed by atoms with Crippen molar-refractivity contribution in [3.8, 4) is 0 Å². The molecule has 2 heterocycles. The standard InChI is InChI=1S/C10H11FN4O2/c11-7-2-1-3-8(14-7)15-10(17)6-4-13-9(16)5-12-6/h1-3,6,12H,4-5H2,(H,13,16)(H,14,15,17). The van der Waals surface area contributed by atoms with E-state index >= 15 is 0 Å². The number of aromatic nitrogens is 1. The SMILES string of the molecule is O=C1CNC(C(=O)Nc2cccc(F)n2)CN1. The van der Waals surface area contributed by atoms with Crippen LogP contribution in [0.4, 0.5) is 10.2 Å². The lowest BCUT2D eigenvalue weighted by Crippen LogP contribution is -2.56. The molecule has 7 heteroatoms. The summed E-state index contributed by atoms with van der Waals surface area (Å²) < 4.78 is 12.8. The van der Waals surface area contributed by atoms with Gasteiger partial charge in [0.2, 0.25) is 17.8 Å². The summed E-state index contributed by atoms with van der Waals surface area (Å²) >= 11 is 0. The van der Waals surface area contributed by atoms with E-state index in [2.05, 4.69) is 20.9 Å². The van der Waals surface area contributed by atoms with Crippen LogP contribution in [0, 0.1) is 5.95 Å². The van der Waals surface area contributed by atoms with E-state index in [0.29, 0.717) is 0 Å². The Labute approximate surface area is 96.6 Å². The van der Waals surface area contributed by atoms with Crippen LogP contribution in [-0.4, -0.2) is 35.9 Å². The van der Waals surface area contributed by atoms with E-state index in [1.807, 2.05) is 0 Å². The Morgan fingerprint density at radius 1 is 1.53 bits per heavy atom. The molecule has 0 saturated carbocycles. The van der Waals surface area contributed by atoms with E-state index in [1.54, 1.807) is 0 Å². The lowest BCUT2D eigenvalue weighted by molar-refractivity contribution is -0.124. The minimum Gasteiger partial charge on any atom is -0.353 e. The molecule has 0 bridgehead atoms. The number of halogens is 1. The molecule has 17 heavy (non-hydrogen) atoms. The summed E-state index contributed by atoms with van der Waals surface area (Å²) in [5.74, 6) is -1.03. The van der Waals surface area contributed by atoms with Crippen molar-refractivity contribution in [2.45, 2.75) is 6.04 Å². The number of piperazine rings is 1. The molecular formula is C10H11FN4O2. The number of nitrogens with zero attached hydrogens (tertiary/aromatic N) is 1. The van der Waals surface area contributed by atoms with Crippen molar-refractivity contribution in [3.63, 3.8) is 0 Å². The molecule has 1 aromatic heterocycles. The Balaban J connectivity index is 1.95. The monoisotopic (exact) mass is 238 g/mol. The fourth-order valence-corrected chi connectivity index (χ4v) is 1.44. The maximum Gasteiger partial charge on any atom is 0.244 e. The predicted molar refractivity (Wildman–Crippen MR) is 57.6 cm³/mol. The van der Waals surface area contributed by atoms with Crippen LogP contribution in [-0.2, 0) is 9.59 Å². The topological polar surface area (TPSA) is 83.1 Å². The smallest absolute Gasteiger partial charge is 0.244 e. The molecule has 1 aliphatic heterocycles. The van der Waals surface area contributed by atoms with E-state index in [9.17, 15) is 14.0 Å². The maximum atomic E-state index is 12.8. The summed E-state index contributed by atoms with van der Waals surface area (Å²) in [5.41, 5.74) is 0. The Hall–Kier alpha value is -2.02. The third-order valence-corrected chi connectivity index (χ3v) is 2.30. The first-order valence-electron chi connectivity index (χ1n) is 5.08. The number of hydrogen-bond donors (Lipinski definition) is 3. The minimum absolute atomic E-state index is 0.0919. The molecule has 3 N–H and O–H groups in total. The molecule has 0 spiro atoms. The van der Waals surface area contributed by atoms with E-state index in [4.69, 9.17) is 0 Å². The number of anilines is 1. The van der Waals surface area contributed by atoms with Gasteiger partial charge in [-0.05, 0) is 12.1 Å². The second-order valence-corrected chi connectivity index (χ2v) is 3.57. The number of rotatable bonds is 2. The molecular weight excluding hydrogens is 227 g/mol. The van der Waals surface area contributed by atoms with Gasteiger partial charge in [-0.2, -0.15) is 4.39 Å². The van der Waals surface area contributed by atoms with E-state index in [1.165, 1.54) is 18.2 Å². The first kappa shape index (κ1) is 11.5. The fourth-order valence-electron chi connectivity index (χ4n) is 1.44. The Kier molecular flexibility index (Phi) is 3.29. The first-order valence-corrected chi connectivity index (χ1v) is 5.08. The Morgan fingerprint density at radius 3 is 3.00 bits per heavy atom. The van der Waals surface area contributed by atoms with Crippen molar-refractivity contribution in [2.24, 2.45) is 0 Å². The van der Waals surface area contributed by atoms with Gasteiger partial charge in [-0.25, -0.2) is 4.98 Å². The molecule has 1 unspecified atom stereocenters. The van der Waals surface area contributed by atoms with Crippen LogP contribution in [0.1, 0.15) is 0 Å². The van der Waals surface area contributed by atoms with E-state index in [-0.39, 0.29) is 30.7 Å². The average Bonchev–Trinajstić information content (AvgIpc) is 2.29. The van der Waals surface area contributed by atoms with Crippen molar-refractivity contribution >= 4 is 17.6 Å². The molecule has 1 aliphatic rings. The van der Waals surface area contributed by atoms with Crippen LogP contribution in [0.2, 0.25) is 0 Å². The number of hydrogen-bond acceptors (Lipinski definition) is 4. The largest absolute Gasteiger partial charge is 0.353 e. The van der Waals surface area contributed by atoms with Gasteiger partial charge in [-0.3, -0.25) is 14.9 Å². The molecule has 0 radical (unpaired) electrons. The average molecular weight is 238 g/mol. The van der Waals surface area contributed by atoms with Crippen LogP contribution in [0.3, 0.4) is 0 Å². The molecule has 2 rings (SSSR count). The first-order chi connectivity index (χ1) is 8.15. The molecule has 6 nitrogen and oxygen atoms in total. The number of carbonyl (C=O) groups is 2. The molecule has 1 saturated heterocycles. The highest BCUT2D eigenvalue weighted by molar-refractivity contribution is 5.95. The summed E-state index contributed by atoms with van der Waals surface area (Å²) in [6.45, 7) is 0.300. The van der Waals surface area contributed by atoms with Gasteiger partial charge in [0.05, 0.1) is 6.54 Å². The quantitative estimate of drug-likeness (QED) is 0.592. The minimum atomic E-state index is -0.660. The summed E-state index contributed by atoms with van der Waals surface area (Å²) in [7, 11) is 0. The Bertz CT molecular complexity index is 442. The van der Waals surface area contributed by atoms with Crippen molar-refractivity contribution < 1.29 is 14.0 Å². The van der Waals surface area contributed by atoms with Gasteiger partial charge in [0, 0.05) is 6.54 Å². The Morgan fingerprint density at radius 2 is 2.35 bits per heavy atom. The third-order valence-electron chi connectivity index (χ3n) is 2.30. The maximum absolute atomic E-state index is 12.8. The highest BCUT2D eigenvalue weighted by atomic mass is 19.1. The van der Waals surface area contributed by atoms with Crippen LogP contribution in [0.15, 0.2) is 18.2 Å². The molecule has 0 aliphatic carbocycles. The highest BCUT2D eigenvalue weighted by Gasteiger charge is 2.23.